The fourth-order valence-corrected chi connectivity index (χ4v) is 2.47. The highest BCUT2D eigenvalue weighted by molar-refractivity contribution is 9.10. The zero-order valence-corrected chi connectivity index (χ0v) is 10.3. The molecule has 0 fully saturated rings. The van der Waals surface area contributed by atoms with Crippen LogP contribution in [0, 0.1) is 0 Å². The highest BCUT2D eigenvalue weighted by atomic mass is 79.9. The average Bonchev–Trinajstić information content (AvgIpc) is 2.85. The van der Waals surface area contributed by atoms with Crippen molar-refractivity contribution in [1.29, 1.82) is 0 Å². The number of aromatic nitrogens is 4. The molecule has 4 aromatic rings. The lowest BCUT2D eigenvalue weighted by Gasteiger charge is -1.86. The Morgan fingerprint density at radius 1 is 1.18 bits per heavy atom. The minimum atomic E-state index is 0.977. The first-order valence-corrected chi connectivity index (χ1v) is 6.09. The Bertz CT molecular complexity index is 859. The highest BCUT2D eigenvalue weighted by Crippen LogP contribution is 2.17. The Kier molecular flexibility index (Phi) is 1.66. The molecular formula is C12H8BrN4+. The van der Waals surface area contributed by atoms with Crippen LogP contribution in [0.25, 0.3) is 22.1 Å². The van der Waals surface area contributed by atoms with Crippen molar-refractivity contribution in [2.45, 2.75) is 0 Å². The second-order valence-corrected chi connectivity index (χ2v) is 4.88. The summed E-state index contributed by atoms with van der Waals surface area (Å²) in [4.78, 5) is 0. The highest BCUT2D eigenvalue weighted by Gasteiger charge is 2.17. The summed E-state index contributed by atoms with van der Waals surface area (Å²) in [5, 5.41) is 7.90. The molecule has 2 heterocycles. The Labute approximate surface area is 105 Å². The molecule has 0 aliphatic carbocycles. The molecule has 0 atom stereocenters. The SMILES string of the molecule is Brc1ccc2[nH][n+]3c4ccccc4nn3c2c1. The van der Waals surface area contributed by atoms with E-state index in [1.807, 2.05) is 45.7 Å². The summed E-state index contributed by atoms with van der Waals surface area (Å²) in [6.07, 6.45) is 0. The first-order valence-electron chi connectivity index (χ1n) is 5.30. The van der Waals surface area contributed by atoms with Gasteiger partial charge in [-0.05, 0) is 35.0 Å². The molecule has 0 amide bonds. The van der Waals surface area contributed by atoms with Crippen molar-refractivity contribution in [3.63, 3.8) is 0 Å². The molecule has 0 unspecified atom stereocenters. The van der Waals surface area contributed by atoms with Crippen LogP contribution >= 0.6 is 15.9 Å². The summed E-state index contributed by atoms with van der Waals surface area (Å²) in [7, 11) is 0. The Morgan fingerprint density at radius 2 is 2.06 bits per heavy atom. The van der Waals surface area contributed by atoms with Crippen molar-refractivity contribution < 1.29 is 4.63 Å². The quantitative estimate of drug-likeness (QED) is 0.495. The standard InChI is InChI=1S/C12H8BrN4/c13-8-5-6-10-12(7-8)17-14-9-3-1-2-4-11(9)16(17)15-10/h1-7,15H/q+1. The van der Waals surface area contributed by atoms with Gasteiger partial charge in [0.1, 0.15) is 5.52 Å². The summed E-state index contributed by atoms with van der Waals surface area (Å²) in [6, 6.07) is 14.2. The van der Waals surface area contributed by atoms with Gasteiger partial charge in [-0.25, -0.2) is 5.10 Å². The van der Waals surface area contributed by atoms with E-state index in [9.17, 15) is 0 Å². The van der Waals surface area contributed by atoms with E-state index in [-0.39, 0.29) is 0 Å². The number of fused-ring (bicyclic) bond motifs is 5. The molecule has 1 N–H and O–H groups in total. The summed E-state index contributed by atoms with van der Waals surface area (Å²) in [6.45, 7) is 0. The van der Waals surface area contributed by atoms with Crippen molar-refractivity contribution in [3.05, 3.63) is 46.9 Å². The van der Waals surface area contributed by atoms with Crippen LogP contribution < -0.4 is 4.63 Å². The lowest BCUT2D eigenvalue weighted by Crippen LogP contribution is -2.28. The van der Waals surface area contributed by atoms with Gasteiger partial charge in [-0.15, -0.1) is 0 Å². The summed E-state index contributed by atoms with van der Waals surface area (Å²) < 4.78 is 4.88. The number of nitrogens with zero attached hydrogens (tertiary/aromatic N) is 3. The number of halogens is 1. The molecule has 0 saturated heterocycles. The zero-order valence-electron chi connectivity index (χ0n) is 8.76. The zero-order chi connectivity index (χ0) is 11.4. The summed E-state index contributed by atoms with van der Waals surface area (Å²) >= 11 is 3.48. The third-order valence-electron chi connectivity index (χ3n) is 2.90. The lowest BCUT2D eigenvalue weighted by atomic mass is 10.3. The van der Waals surface area contributed by atoms with Gasteiger partial charge in [-0.3, -0.25) is 0 Å². The number of aromatic amines is 1. The van der Waals surface area contributed by atoms with E-state index in [1.165, 1.54) is 0 Å². The van der Waals surface area contributed by atoms with Gasteiger partial charge < -0.3 is 0 Å². The van der Waals surface area contributed by atoms with E-state index < -0.39 is 0 Å². The van der Waals surface area contributed by atoms with Crippen LogP contribution in [0.3, 0.4) is 0 Å². The number of nitrogens with one attached hydrogen (secondary N) is 1. The number of hydrogen-bond donors (Lipinski definition) is 1. The molecule has 0 aliphatic rings. The first kappa shape index (κ1) is 9.18. The molecule has 0 spiro atoms. The van der Waals surface area contributed by atoms with Crippen LogP contribution in [0.1, 0.15) is 0 Å². The third kappa shape index (κ3) is 1.17. The molecule has 17 heavy (non-hydrogen) atoms. The number of benzene rings is 2. The van der Waals surface area contributed by atoms with Crippen molar-refractivity contribution in [2.75, 3.05) is 0 Å². The van der Waals surface area contributed by atoms with Gasteiger partial charge in [0.15, 0.2) is 5.52 Å². The summed E-state index contributed by atoms with van der Waals surface area (Å²) in [5.74, 6) is 0. The minimum absolute atomic E-state index is 0.977. The van der Waals surface area contributed by atoms with Crippen molar-refractivity contribution in [3.8, 4) is 0 Å². The maximum Gasteiger partial charge on any atom is 0.252 e. The molecule has 4 rings (SSSR count). The van der Waals surface area contributed by atoms with Gasteiger partial charge in [-0.2, -0.15) is 0 Å². The molecule has 5 heteroatoms. The number of hydrogen-bond acceptors (Lipinski definition) is 1. The molecule has 0 saturated carbocycles. The minimum Gasteiger partial charge on any atom is -0.203 e. The molecular weight excluding hydrogens is 280 g/mol. The van der Waals surface area contributed by atoms with Crippen LogP contribution in [0.15, 0.2) is 46.9 Å². The van der Waals surface area contributed by atoms with Gasteiger partial charge in [0.05, 0.1) is 5.10 Å². The maximum absolute atomic E-state index is 4.57. The van der Waals surface area contributed by atoms with E-state index >= 15 is 0 Å². The molecule has 0 aliphatic heterocycles. The van der Waals surface area contributed by atoms with Crippen LogP contribution in [0.2, 0.25) is 0 Å². The second-order valence-electron chi connectivity index (χ2n) is 3.96. The average molecular weight is 288 g/mol. The molecule has 82 valence electrons. The largest absolute Gasteiger partial charge is 0.252 e. The molecule has 4 nitrogen and oxygen atoms in total. The van der Waals surface area contributed by atoms with Gasteiger partial charge >= 0.3 is 0 Å². The molecule has 2 aromatic carbocycles. The van der Waals surface area contributed by atoms with E-state index in [0.29, 0.717) is 0 Å². The number of H-pyrrole nitrogens is 1. The Balaban J connectivity index is 2.30. The fraction of sp³-hybridized carbons (Fsp3) is 0. The molecule has 0 radical (unpaired) electrons. The monoisotopic (exact) mass is 287 g/mol. The van der Waals surface area contributed by atoms with E-state index in [1.54, 1.807) is 0 Å². The topological polar surface area (TPSA) is 37.2 Å². The van der Waals surface area contributed by atoms with E-state index in [2.05, 4.69) is 32.2 Å². The van der Waals surface area contributed by atoms with Crippen molar-refractivity contribution in [1.82, 2.24) is 14.8 Å². The van der Waals surface area contributed by atoms with Gasteiger partial charge in [0.25, 0.3) is 5.52 Å². The van der Waals surface area contributed by atoms with Gasteiger partial charge in [-0.1, -0.05) is 28.1 Å². The molecule has 2 aromatic heterocycles. The third-order valence-corrected chi connectivity index (χ3v) is 3.40. The molecule has 0 bridgehead atoms. The van der Waals surface area contributed by atoms with Gasteiger partial charge in [0.2, 0.25) is 5.52 Å². The summed E-state index contributed by atoms with van der Waals surface area (Å²) in [5.41, 5.74) is 4.16. The Morgan fingerprint density at radius 3 is 3.00 bits per heavy atom. The predicted octanol–water partition coefficient (Wildman–Crippen LogP) is 2.32. The smallest absolute Gasteiger partial charge is 0.203 e. The lowest BCUT2D eigenvalue weighted by molar-refractivity contribution is -0.649. The normalized spacial score (nSPS) is 11.8. The number of rotatable bonds is 0. The maximum atomic E-state index is 4.57. The first-order chi connectivity index (χ1) is 8.33. The second kappa shape index (κ2) is 3.07. The van der Waals surface area contributed by atoms with Crippen molar-refractivity contribution >= 4 is 38.0 Å². The number of para-hydroxylation sites is 1. The van der Waals surface area contributed by atoms with Crippen LogP contribution in [-0.4, -0.2) is 14.8 Å². The Hall–Kier alpha value is -1.88. The predicted molar refractivity (Wildman–Crippen MR) is 67.9 cm³/mol. The van der Waals surface area contributed by atoms with Crippen LogP contribution in [-0.2, 0) is 0 Å². The van der Waals surface area contributed by atoms with Gasteiger partial charge in [0, 0.05) is 9.10 Å². The van der Waals surface area contributed by atoms with Crippen LogP contribution in [0.4, 0.5) is 0 Å². The van der Waals surface area contributed by atoms with E-state index in [0.717, 1.165) is 26.5 Å². The van der Waals surface area contributed by atoms with E-state index in [4.69, 9.17) is 0 Å². The van der Waals surface area contributed by atoms with Crippen LogP contribution in [0.5, 0.6) is 0 Å². The fourth-order valence-electron chi connectivity index (χ4n) is 2.12. The van der Waals surface area contributed by atoms with Crippen molar-refractivity contribution in [2.24, 2.45) is 0 Å².